The van der Waals surface area contributed by atoms with Crippen molar-refractivity contribution in [3.05, 3.63) is 0 Å². The van der Waals surface area contributed by atoms with Crippen LogP contribution in [0.5, 0.6) is 0 Å². The van der Waals surface area contributed by atoms with Crippen LogP contribution in [-0.2, 0) is 9.47 Å². The maximum Gasteiger partial charge on any atom is 0.0959 e. The first-order chi connectivity index (χ1) is 6.74. The van der Waals surface area contributed by atoms with Gasteiger partial charge in [-0.3, -0.25) is 0 Å². The smallest absolute Gasteiger partial charge is 0.0959 e. The third-order valence-corrected chi connectivity index (χ3v) is 2.73. The predicted octanol–water partition coefficient (Wildman–Crippen LogP) is 1.56. The molecule has 1 saturated heterocycles. The summed E-state index contributed by atoms with van der Waals surface area (Å²) in [6.07, 6.45) is 3.48. The van der Waals surface area contributed by atoms with Crippen LogP contribution >= 0.6 is 0 Å². The van der Waals surface area contributed by atoms with Gasteiger partial charge in [-0.05, 0) is 18.8 Å². The number of nitrogens with two attached hydrogens (primary N) is 1. The highest BCUT2D eigenvalue weighted by molar-refractivity contribution is 4.77. The summed E-state index contributed by atoms with van der Waals surface area (Å²) in [4.78, 5) is 0. The van der Waals surface area contributed by atoms with Crippen LogP contribution in [0, 0.1) is 5.92 Å². The van der Waals surface area contributed by atoms with Gasteiger partial charge >= 0.3 is 0 Å². The molecule has 1 rings (SSSR count). The zero-order valence-electron chi connectivity index (χ0n) is 9.37. The fraction of sp³-hybridized carbons (Fsp3) is 1.00. The summed E-state index contributed by atoms with van der Waals surface area (Å²) in [6.45, 7) is 6.69. The van der Waals surface area contributed by atoms with Crippen molar-refractivity contribution in [2.75, 3.05) is 19.8 Å². The fourth-order valence-electron chi connectivity index (χ4n) is 1.76. The summed E-state index contributed by atoms with van der Waals surface area (Å²) in [5.41, 5.74) is 5.93. The minimum absolute atomic E-state index is 0.114. The zero-order chi connectivity index (χ0) is 10.4. The Morgan fingerprint density at radius 3 is 3.00 bits per heavy atom. The Kier molecular flexibility index (Phi) is 5.45. The fourth-order valence-corrected chi connectivity index (χ4v) is 1.76. The van der Waals surface area contributed by atoms with Gasteiger partial charge in [-0.25, -0.2) is 0 Å². The molecule has 2 N–H and O–H groups in total. The summed E-state index contributed by atoms with van der Waals surface area (Å²) >= 11 is 0. The van der Waals surface area contributed by atoms with E-state index >= 15 is 0 Å². The van der Waals surface area contributed by atoms with E-state index in [0.29, 0.717) is 12.5 Å². The number of rotatable bonds is 5. The van der Waals surface area contributed by atoms with Crippen LogP contribution in [0.1, 0.15) is 33.1 Å². The predicted molar refractivity (Wildman–Crippen MR) is 57.2 cm³/mol. The van der Waals surface area contributed by atoms with E-state index < -0.39 is 0 Å². The molecule has 0 saturated carbocycles. The molecule has 0 amide bonds. The maximum absolute atomic E-state index is 5.93. The molecule has 0 spiro atoms. The van der Waals surface area contributed by atoms with E-state index in [9.17, 15) is 0 Å². The number of ether oxygens (including phenoxy) is 2. The second kappa shape index (κ2) is 6.38. The molecule has 0 aromatic heterocycles. The molecule has 1 heterocycles. The van der Waals surface area contributed by atoms with Gasteiger partial charge in [0.05, 0.1) is 12.7 Å². The van der Waals surface area contributed by atoms with Gasteiger partial charge in [0.2, 0.25) is 0 Å². The number of hydrogen-bond donors (Lipinski definition) is 1. The molecular weight excluding hydrogens is 178 g/mol. The largest absolute Gasteiger partial charge is 0.379 e. The van der Waals surface area contributed by atoms with E-state index in [2.05, 4.69) is 13.8 Å². The second-order valence-corrected chi connectivity index (χ2v) is 4.29. The van der Waals surface area contributed by atoms with Crippen LogP contribution in [0.15, 0.2) is 0 Å². The summed E-state index contributed by atoms with van der Waals surface area (Å²) in [7, 11) is 0. The van der Waals surface area contributed by atoms with Gasteiger partial charge in [-0.1, -0.05) is 20.3 Å². The van der Waals surface area contributed by atoms with Gasteiger partial charge in [0, 0.05) is 19.3 Å². The van der Waals surface area contributed by atoms with E-state index in [4.69, 9.17) is 15.2 Å². The Hall–Kier alpha value is -0.120. The molecule has 3 unspecified atom stereocenters. The standard InChI is InChI=1S/C11H23NO2/c1-3-4-9(2)7-14-11-8-13-6-5-10(11)12/h9-11H,3-8,12H2,1-2H3. The first-order valence-corrected chi connectivity index (χ1v) is 5.69. The second-order valence-electron chi connectivity index (χ2n) is 4.29. The summed E-state index contributed by atoms with van der Waals surface area (Å²) in [5, 5.41) is 0. The molecule has 0 bridgehead atoms. The van der Waals surface area contributed by atoms with Gasteiger partial charge in [0.15, 0.2) is 0 Å². The van der Waals surface area contributed by atoms with Crippen molar-refractivity contribution in [3.63, 3.8) is 0 Å². The average Bonchev–Trinajstić information content (AvgIpc) is 2.17. The average molecular weight is 201 g/mol. The van der Waals surface area contributed by atoms with Crippen molar-refractivity contribution in [1.82, 2.24) is 0 Å². The first-order valence-electron chi connectivity index (χ1n) is 5.69. The lowest BCUT2D eigenvalue weighted by molar-refractivity contribution is -0.0695. The van der Waals surface area contributed by atoms with Crippen LogP contribution in [-0.4, -0.2) is 32.0 Å². The molecule has 0 aromatic carbocycles. The summed E-state index contributed by atoms with van der Waals surface area (Å²) in [6, 6.07) is 0.164. The van der Waals surface area contributed by atoms with Crippen molar-refractivity contribution >= 4 is 0 Å². The Labute approximate surface area is 86.9 Å². The first kappa shape index (κ1) is 12.0. The van der Waals surface area contributed by atoms with Gasteiger partial charge < -0.3 is 15.2 Å². The van der Waals surface area contributed by atoms with Crippen LogP contribution in [0.2, 0.25) is 0 Å². The van der Waals surface area contributed by atoms with Crippen LogP contribution < -0.4 is 5.73 Å². The Bertz CT molecular complexity index is 152. The van der Waals surface area contributed by atoms with E-state index in [-0.39, 0.29) is 12.1 Å². The molecule has 3 heteroatoms. The highest BCUT2D eigenvalue weighted by atomic mass is 16.5. The molecule has 14 heavy (non-hydrogen) atoms. The Morgan fingerprint density at radius 2 is 2.36 bits per heavy atom. The molecule has 1 aliphatic heterocycles. The molecule has 84 valence electrons. The van der Waals surface area contributed by atoms with Crippen LogP contribution in [0.4, 0.5) is 0 Å². The normalized spacial score (nSPS) is 30.2. The van der Waals surface area contributed by atoms with Crippen molar-refractivity contribution in [2.45, 2.75) is 45.3 Å². The SMILES string of the molecule is CCCC(C)COC1COCCC1N. The molecule has 1 fully saturated rings. The third-order valence-electron chi connectivity index (χ3n) is 2.73. The van der Waals surface area contributed by atoms with E-state index in [0.717, 1.165) is 19.6 Å². The molecule has 3 nitrogen and oxygen atoms in total. The van der Waals surface area contributed by atoms with Gasteiger partial charge in [-0.2, -0.15) is 0 Å². The highest BCUT2D eigenvalue weighted by Gasteiger charge is 2.23. The van der Waals surface area contributed by atoms with E-state index in [1.807, 2.05) is 0 Å². The molecular formula is C11H23NO2. The van der Waals surface area contributed by atoms with Crippen molar-refractivity contribution in [3.8, 4) is 0 Å². The maximum atomic E-state index is 5.93. The lowest BCUT2D eigenvalue weighted by Crippen LogP contribution is -2.45. The zero-order valence-corrected chi connectivity index (χ0v) is 9.37. The van der Waals surface area contributed by atoms with Gasteiger partial charge in [-0.15, -0.1) is 0 Å². The van der Waals surface area contributed by atoms with Crippen LogP contribution in [0.25, 0.3) is 0 Å². The van der Waals surface area contributed by atoms with Crippen molar-refractivity contribution in [2.24, 2.45) is 11.7 Å². The van der Waals surface area contributed by atoms with Crippen LogP contribution in [0.3, 0.4) is 0 Å². The monoisotopic (exact) mass is 201 g/mol. The topological polar surface area (TPSA) is 44.5 Å². The summed E-state index contributed by atoms with van der Waals surface area (Å²) in [5.74, 6) is 0.633. The minimum Gasteiger partial charge on any atom is -0.379 e. The highest BCUT2D eigenvalue weighted by Crippen LogP contribution is 2.12. The molecule has 0 aliphatic carbocycles. The number of hydrogen-bond acceptors (Lipinski definition) is 3. The lowest BCUT2D eigenvalue weighted by Gasteiger charge is -2.29. The van der Waals surface area contributed by atoms with E-state index in [1.54, 1.807) is 0 Å². The lowest BCUT2D eigenvalue weighted by atomic mass is 10.1. The summed E-state index contributed by atoms with van der Waals surface area (Å²) < 4.78 is 11.1. The molecule has 0 radical (unpaired) electrons. The Balaban J connectivity index is 2.15. The van der Waals surface area contributed by atoms with Crippen molar-refractivity contribution < 1.29 is 9.47 Å². The minimum atomic E-state index is 0.114. The van der Waals surface area contributed by atoms with E-state index in [1.165, 1.54) is 12.8 Å². The molecule has 3 atom stereocenters. The Morgan fingerprint density at radius 1 is 1.57 bits per heavy atom. The van der Waals surface area contributed by atoms with Gasteiger partial charge in [0.25, 0.3) is 0 Å². The third kappa shape index (κ3) is 3.95. The quantitative estimate of drug-likeness (QED) is 0.734. The van der Waals surface area contributed by atoms with Gasteiger partial charge in [0.1, 0.15) is 0 Å². The molecule has 0 aromatic rings. The van der Waals surface area contributed by atoms with Crippen molar-refractivity contribution in [1.29, 1.82) is 0 Å². The molecule has 1 aliphatic rings.